The smallest absolute Gasteiger partial charge is 0.255 e. The third-order valence-electron chi connectivity index (χ3n) is 5.32. The van der Waals surface area contributed by atoms with Gasteiger partial charge in [-0.25, -0.2) is 4.98 Å². The van der Waals surface area contributed by atoms with Gasteiger partial charge in [-0.15, -0.1) is 0 Å². The Bertz CT molecular complexity index is 725. The van der Waals surface area contributed by atoms with Gasteiger partial charge in [-0.1, -0.05) is 0 Å². The number of anilines is 1. The summed E-state index contributed by atoms with van der Waals surface area (Å²) in [7, 11) is 0. The normalized spacial score (nSPS) is 20.9. The zero-order valence-electron chi connectivity index (χ0n) is 14.9. The van der Waals surface area contributed by atoms with Crippen LogP contribution in [0.5, 0.6) is 0 Å². The van der Waals surface area contributed by atoms with Crippen LogP contribution in [0.3, 0.4) is 0 Å². The number of carbonyl (C=O) groups excluding carboxylic acids is 1. The number of pyridine rings is 1. The third kappa shape index (κ3) is 3.58. The Kier molecular flexibility index (Phi) is 4.88. The molecule has 0 aliphatic carbocycles. The minimum Gasteiger partial charge on any atom is -0.389 e. The van der Waals surface area contributed by atoms with Crippen LogP contribution < -0.4 is 4.90 Å². The van der Waals surface area contributed by atoms with Gasteiger partial charge in [-0.3, -0.25) is 9.48 Å². The minimum atomic E-state index is -0.262. The number of hydrogen-bond acceptors (Lipinski definition) is 5. The van der Waals surface area contributed by atoms with Crippen molar-refractivity contribution in [1.82, 2.24) is 19.7 Å². The summed E-state index contributed by atoms with van der Waals surface area (Å²) in [5, 5.41) is 13.7. The zero-order valence-corrected chi connectivity index (χ0v) is 14.9. The van der Waals surface area contributed by atoms with Crippen molar-refractivity contribution in [3.63, 3.8) is 0 Å². The fraction of sp³-hybridized carbons (Fsp3) is 0.526. The highest BCUT2D eigenvalue weighted by molar-refractivity contribution is 5.94. The highest BCUT2D eigenvalue weighted by Gasteiger charge is 2.29. The molecule has 0 saturated carbocycles. The van der Waals surface area contributed by atoms with Crippen molar-refractivity contribution in [3.8, 4) is 0 Å². The first-order valence-corrected chi connectivity index (χ1v) is 9.38. The van der Waals surface area contributed by atoms with E-state index in [9.17, 15) is 9.90 Å². The van der Waals surface area contributed by atoms with Crippen molar-refractivity contribution in [2.45, 2.75) is 44.4 Å². The molecule has 2 saturated heterocycles. The van der Waals surface area contributed by atoms with Gasteiger partial charge < -0.3 is 14.9 Å². The molecule has 1 N–H and O–H groups in total. The second-order valence-corrected chi connectivity index (χ2v) is 7.17. The molecular weight excluding hydrogens is 330 g/mol. The van der Waals surface area contributed by atoms with Crippen LogP contribution in [0.2, 0.25) is 0 Å². The fourth-order valence-corrected chi connectivity index (χ4v) is 3.79. The van der Waals surface area contributed by atoms with Crippen LogP contribution >= 0.6 is 0 Å². The standard InChI is InChI=1S/C19H25N5O2/c25-17-13-22(14-17)18-6-5-15(12-20-18)19(26)24-10-2-1-4-16(24)7-11-23-9-3-8-21-23/h3,5-6,8-9,12,16-17,25H,1-2,4,7,10-11,13-14H2/t16-/m0/s1. The Labute approximate surface area is 153 Å². The quantitative estimate of drug-likeness (QED) is 0.881. The van der Waals surface area contributed by atoms with Gasteiger partial charge in [-0.05, 0) is 43.9 Å². The number of rotatable bonds is 5. The molecule has 0 spiro atoms. The molecule has 1 atom stereocenters. The molecule has 2 aromatic rings. The number of hydrogen-bond donors (Lipinski definition) is 1. The first kappa shape index (κ1) is 17.0. The number of likely N-dealkylation sites (tertiary alicyclic amines) is 1. The lowest BCUT2D eigenvalue weighted by atomic mass is 9.98. The van der Waals surface area contributed by atoms with Crippen molar-refractivity contribution in [2.75, 3.05) is 24.5 Å². The predicted octanol–water partition coefficient (Wildman–Crippen LogP) is 1.54. The van der Waals surface area contributed by atoms with Gasteiger partial charge in [0.25, 0.3) is 5.91 Å². The van der Waals surface area contributed by atoms with Crippen LogP contribution in [0.4, 0.5) is 5.82 Å². The molecule has 138 valence electrons. The van der Waals surface area contributed by atoms with E-state index in [1.807, 2.05) is 38.9 Å². The summed E-state index contributed by atoms with van der Waals surface area (Å²) in [5.74, 6) is 0.888. The van der Waals surface area contributed by atoms with Crippen LogP contribution in [0, 0.1) is 0 Å². The van der Waals surface area contributed by atoms with Crippen LogP contribution in [0.1, 0.15) is 36.0 Å². The lowest BCUT2D eigenvalue weighted by molar-refractivity contribution is 0.0593. The van der Waals surface area contributed by atoms with Crippen molar-refractivity contribution >= 4 is 11.7 Å². The summed E-state index contributed by atoms with van der Waals surface area (Å²) in [6.07, 6.45) is 9.35. The van der Waals surface area contributed by atoms with Gasteiger partial charge in [0.05, 0.1) is 11.7 Å². The first-order valence-electron chi connectivity index (χ1n) is 9.38. The molecule has 1 amide bonds. The van der Waals surface area contributed by atoms with E-state index in [0.29, 0.717) is 18.7 Å². The van der Waals surface area contributed by atoms with Crippen molar-refractivity contribution in [1.29, 1.82) is 0 Å². The number of nitrogens with zero attached hydrogens (tertiary/aromatic N) is 5. The minimum absolute atomic E-state index is 0.0675. The van der Waals surface area contributed by atoms with Gasteiger partial charge >= 0.3 is 0 Å². The van der Waals surface area contributed by atoms with Crippen LogP contribution in [0.25, 0.3) is 0 Å². The Balaban J connectivity index is 1.41. The molecule has 2 fully saturated rings. The summed E-state index contributed by atoms with van der Waals surface area (Å²) in [6, 6.07) is 5.91. The molecule has 0 unspecified atom stereocenters. The number of aliphatic hydroxyl groups is 1. The molecule has 4 rings (SSSR count). The van der Waals surface area contributed by atoms with E-state index in [1.165, 1.54) is 6.42 Å². The van der Waals surface area contributed by atoms with E-state index in [0.717, 1.165) is 38.2 Å². The van der Waals surface area contributed by atoms with E-state index in [-0.39, 0.29) is 18.1 Å². The second kappa shape index (κ2) is 7.45. The SMILES string of the molecule is O=C(c1ccc(N2CC(O)C2)nc1)N1CCCC[C@H]1CCn1cccn1. The highest BCUT2D eigenvalue weighted by Crippen LogP contribution is 2.24. The molecule has 2 aromatic heterocycles. The number of amides is 1. The van der Waals surface area contributed by atoms with Crippen LogP contribution in [-0.2, 0) is 6.54 Å². The summed E-state index contributed by atoms with van der Waals surface area (Å²) >= 11 is 0. The van der Waals surface area contributed by atoms with E-state index in [1.54, 1.807) is 12.4 Å². The molecule has 7 nitrogen and oxygen atoms in total. The first-order chi connectivity index (χ1) is 12.7. The predicted molar refractivity (Wildman–Crippen MR) is 98.0 cm³/mol. The number of aryl methyl sites for hydroxylation is 1. The lowest BCUT2D eigenvalue weighted by Gasteiger charge is -2.37. The monoisotopic (exact) mass is 355 g/mol. The Morgan fingerprint density at radius 1 is 1.27 bits per heavy atom. The number of aliphatic hydroxyl groups excluding tert-OH is 1. The molecule has 26 heavy (non-hydrogen) atoms. The summed E-state index contributed by atoms with van der Waals surface area (Å²) in [4.78, 5) is 21.4. The molecule has 2 aliphatic heterocycles. The maximum atomic E-state index is 13.0. The molecule has 0 radical (unpaired) electrons. The molecule has 4 heterocycles. The number of piperidine rings is 1. The Hall–Kier alpha value is -2.41. The Morgan fingerprint density at radius 3 is 2.85 bits per heavy atom. The molecular formula is C19H25N5O2. The van der Waals surface area contributed by atoms with E-state index >= 15 is 0 Å². The van der Waals surface area contributed by atoms with E-state index in [4.69, 9.17) is 0 Å². The van der Waals surface area contributed by atoms with Gasteiger partial charge in [0.1, 0.15) is 5.82 Å². The maximum absolute atomic E-state index is 13.0. The van der Waals surface area contributed by atoms with Crippen molar-refractivity contribution < 1.29 is 9.90 Å². The highest BCUT2D eigenvalue weighted by atomic mass is 16.3. The van der Waals surface area contributed by atoms with Gasteiger partial charge in [-0.2, -0.15) is 5.10 Å². The number of carbonyl (C=O) groups is 1. The van der Waals surface area contributed by atoms with Crippen molar-refractivity contribution in [2.24, 2.45) is 0 Å². The molecule has 2 aliphatic rings. The summed E-state index contributed by atoms with van der Waals surface area (Å²) in [5.41, 5.74) is 0.640. The average Bonchev–Trinajstić information content (AvgIpc) is 3.17. The second-order valence-electron chi connectivity index (χ2n) is 7.17. The molecule has 0 aromatic carbocycles. The summed E-state index contributed by atoms with van der Waals surface area (Å²) in [6.45, 7) is 2.86. The molecule has 0 bridgehead atoms. The van der Waals surface area contributed by atoms with Crippen molar-refractivity contribution in [3.05, 3.63) is 42.4 Å². The van der Waals surface area contributed by atoms with Gasteiger partial charge in [0.2, 0.25) is 0 Å². The topological polar surface area (TPSA) is 74.5 Å². The Morgan fingerprint density at radius 2 is 2.15 bits per heavy atom. The summed E-state index contributed by atoms with van der Waals surface area (Å²) < 4.78 is 1.93. The van der Waals surface area contributed by atoms with E-state index in [2.05, 4.69) is 10.1 Å². The van der Waals surface area contributed by atoms with Crippen LogP contribution in [0.15, 0.2) is 36.8 Å². The zero-order chi connectivity index (χ0) is 17.9. The number of β-amino-alcohol motifs (C(OH)–C–C–N with tert-alkyl or cyclic N) is 1. The van der Waals surface area contributed by atoms with Gasteiger partial charge in [0, 0.05) is 50.8 Å². The number of aromatic nitrogens is 3. The lowest BCUT2D eigenvalue weighted by Crippen LogP contribution is -2.51. The van der Waals surface area contributed by atoms with Crippen LogP contribution in [-0.4, -0.2) is 62.5 Å². The van der Waals surface area contributed by atoms with E-state index < -0.39 is 0 Å². The maximum Gasteiger partial charge on any atom is 0.255 e. The fourth-order valence-electron chi connectivity index (χ4n) is 3.79. The average molecular weight is 355 g/mol. The largest absolute Gasteiger partial charge is 0.389 e. The third-order valence-corrected chi connectivity index (χ3v) is 5.32. The van der Waals surface area contributed by atoms with Gasteiger partial charge in [0.15, 0.2) is 0 Å². The molecule has 7 heteroatoms.